The summed E-state index contributed by atoms with van der Waals surface area (Å²) in [5, 5.41) is 3.24. The average molecular weight is 362 g/mol. The summed E-state index contributed by atoms with van der Waals surface area (Å²) in [5.41, 5.74) is 0.418. The van der Waals surface area contributed by atoms with Crippen molar-refractivity contribution >= 4 is 29.2 Å². The largest absolute Gasteiger partial charge is 0.338 e. The van der Waals surface area contributed by atoms with Gasteiger partial charge in [-0.3, -0.25) is 9.59 Å². The second kappa shape index (κ2) is 7.61. The van der Waals surface area contributed by atoms with Gasteiger partial charge in [-0.1, -0.05) is 11.6 Å². The molecule has 2 heterocycles. The topological polar surface area (TPSA) is 62.3 Å². The SMILES string of the molecule is O=C(Nc1ccc(Cl)cn1)[C@@H]1CCCN(C(=O)c2ccc(F)cc2)C1. The molecule has 5 nitrogen and oxygen atoms in total. The van der Waals surface area contributed by atoms with Crippen LogP contribution in [-0.2, 0) is 4.79 Å². The minimum atomic E-state index is -0.386. The molecule has 130 valence electrons. The Bertz CT molecular complexity index is 765. The molecule has 1 fully saturated rings. The smallest absolute Gasteiger partial charge is 0.253 e. The number of nitrogens with zero attached hydrogens (tertiary/aromatic N) is 2. The molecule has 1 aromatic carbocycles. The van der Waals surface area contributed by atoms with E-state index >= 15 is 0 Å². The number of pyridine rings is 1. The van der Waals surface area contributed by atoms with Gasteiger partial charge in [-0.2, -0.15) is 0 Å². The number of rotatable bonds is 3. The number of carbonyl (C=O) groups is 2. The second-order valence-electron chi connectivity index (χ2n) is 5.95. The van der Waals surface area contributed by atoms with Crippen LogP contribution in [-0.4, -0.2) is 34.8 Å². The first kappa shape index (κ1) is 17.4. The van der Waals surface area contributed by atoms with E-state index in [1.165, 1.54) is 30.5 Å². The first-order valence-electron chi connectivity index (χ1n) is 8.00. The van der Waals surface area contributed by atoms with E-state index in [1.807, 2.05) is 0 Å². The zero-order valence-corrected chi connectivity index (χ0v) is 14.2. The van der Waals surface area contributed by atoms with Crippen LogP contribution in [0.25, 0.3) is 0 Å². The molecule has 0 aliphatic carbocycles. The van der Waals surface area contributed by atoms with E-state index in [9.17, 15) is 14.0 Å². The van der Waals surface area contributed by atoms with E-state index in [0.717, 1.165) is 6.42 Å². The van der Waals surface area contributed by atoms with Gasteiger partial charge >= 0.3 is 0 Å². The minimum Gasteiger partial charge on any atom is -0.338 e. The molecule has 1 aliphatic heterocycles. The maximum absolute atomic E-state index is 13.0. The summed E-state index contributed by atoms with van der Waals surface area (Å²) in [6, 6.07) is 8.71. The predicted molar refractivity (Wildman–Crippen MR) is 92.9 cm³/mol. The van der Waals surface area contributed by atoms with E-state index in [1.54, 1.807) is 17.0 Å². The third kappa shape index (κ3) is 4.33. The highest BCUT2D eigenvalue weighted by molar-refractivity contribution is 6.30. The van der Waals surface area contributed by atoms with Crippen molar-refractivity contribution < 1.29 is 14.0 Å². The van der Waals surface area contributed by atoms with Gasteiger partial charge in [-0.05, 0) is 49.2 Å². The van der Waals surface area contributed by atoms with Crippen molar-refractivity contribution in [3.8, 4) is 0 Å². The van der Waals surface area contributed by atoms with E-state index in [2.05, 4.69) is 10.3 Å². The number of amides is 2. The number of carbonyl (C=O) groups excluding carboxylic acids is 2. The van der Waals surface area contributed by atoms with Crippen LogP contribution < -0.4 is 5.32 Å². The van der Waals surface area contributed by atoms with Crippen LogP contribution in [0.3, 0.4) is 0 Å². The van der Waals surface area contributed by atoms with Gasteiger partial charge in [0.15, 0.2) is 0 Å². The van der Waals surface area contributed by atoms with Crippen molar-refractivity contribution in [2.24, 2.45) is 5.92 Å². The van der Waals surface area contributed by atoms with Crippen molar-refractivity contribution in [2.75, 3.05) is 18.4 Å². The van der Waals surface area contributed by atoms with Crippen LogP contribution in [0.1, 0.15) is 23.2 Å². The van der Waals surface area contributed by atoms with Crippen molar-refractivity contribution in [3.05, 3.63) is 59.0 Å². The molecule has 2 aromatic rings. The highest BCUT2D eigenvalue weighted by atomic mass is 35.5. The van der Waals surface area contributed by atoms with Crippen molar-refractivity contribution in [3.63, 3.8) is 0 Å². The van der Waals surface area contributed by atoms with Crippen LogP contribution in [0.15, 0.2) is 42.6 Å². The van der Waals surface area contributed by atoms with E-state index in [0.29, 0.717) is 35.9 Å². The first-order valence-corrected chi connectivity index (χ1v) is 8.38. The van der Waals surface area contributed by atoms with Crippen LogP contribution >= 0.6 is 11.6 Å². The van der Waals surface area contributed by atoms with E-state index < -0.39 is 0 Å². The molecule has 1 N–H and O–H groups in total. The Labute approximate surface area is 149 Å². The number of hydrogen-bond acceptors (Lipinski definition) is 3. The van der Waals surface area contributed by atoms with Gasteiger partial charge in [0.05, 0.1) is 10.9 Å². The zero-order valence-electron chi connectivity index (χ0n) is 13.4. The zero-order chi connectivity index (χ0) is 17.8. The number of hydrogen-bond donors (Lipinski definition) is 1. The van der Waals surface area contributed by atoms with E-state index in [4.69, 9.17) is 11.6 Å². The highest BCUT2D eigenvalue weighted by Crippen LogP contribution is 2.20. The Hall–Kier alpha value is -2.47. The fraction of sp³-hybridized carbons (Fsp3) is 0.278. The van der Waals surface area contributed by atoms with Crippen LogP contribution in [0.4, 0.5) is 10.2 Å². The van der Waals surface area contributed by atoms with E-state index in [-0.39, 0.29) is 23.5 Å². The summed E-state index contributed by atoms with van der Waals surface area (Å²) < 4.78 is 13.0. The summed E-state index contributed by atoms with van der Waals surface area (Å²) >= 11 is 5.78. The molecule has 0 saturated carbocycles. The third-order valence-corrected chi connectivity index (χ3v) is 4.37. The molecular weight excluding hydrogens is 345 g/mol. The molecule has 1 aliphatic rings. The third-order valence-electron chi connectivity index (χ3n) is 4.15. The Morgan fingerprint density at radius 2 is 1.96 bits per heavy atom. The highest BCUT2D eigenvalue weighted by Gasteiger charge is 2.29. The number of aromatic nitrogens is 1. The van der Waals surface area contributed by atoms with Crippen molar-refractivity contribution in [1.82, 2.24) is 9.88 Å². The molecule has 0 bridgehead atoms. The fourth-order valence-corrected chi connectivity index (χ4v) is 2.94. The predicted octanol–water partition coefficient (Wildman–Crippen LogP) is 3.37. The maximum atomic E-state index is 13.0. The lowest BCUT2D eigenvalue weighted by Crippen LogP contribution is -2.43. The number of nitrogens with one attached hydrogen (secondary N) is 1. The molecule has 7 heteroatoms. The van der Waals surface area contributed by atoms with Crippen LogP contribution in [0, 0.1) is 11.7 Å². The molecule has 2 amide bonds. The van der Waals surface area contributed by atoms with Gasteiger partial charge in [0.2, 0.25) is 5.91 Å². The number of piperidine rings is 1. The molecule has 0 unspecified atom stereocenters. The number of likely N-dealkylation sites (tertiary alicyclic amines) is 1. The van der Waals surface area contributed by atoms with Crippen molar-refractivity contribution in [1.29, 1.82) is 0 Å². The lowest BCUT2D eigenvalue weighted by atomic mass is 9.96. The molecule has 3 rings (SSSR count). The average Bonchev–Trinajstić information content (AvgIpc) is 2.64. The lowest BCUT2D eigenvalue weighted by Gasteiger charge is -2.32. The maximum Gasteiger partial charge on any atom is 0.253 e. The fourth-order valence-electron chi connectivity index (χ4n) is 2.83. The second-order valence-corrected chi connectivity index (χ2v) is 6.38. The Balaban J connectivity index is 1.63. The monoisotopic (exact) mass is 361 g/mol. The minimum absolute atomic E-state index is 0.175. The first-order chi connectivity index (χ1) is 12.0. The van der Waals surface area contributed by atoms with Crippen LogP contribution in [0.2, 0.25) is 5.02 Å². The molecule has 0 radical (unpaired) electrons. The summed E-state index contributed by atoms with van der Waals surface area (Å²) in [7, 11) is 0. The summed E-state index contributed by atoms with van der Waals surface area (Å²) in [6.07, 6.45) is 2.90. The summed E-state index contributed by atoms with van der Waals surface area (Å²) in [5.74, 6) is -0.636. The molecule has 1 atom stereocenters. The molecular formula is C18H17ClFN3O2. The van der Waals surface area contributed by atoms with Crippen LogP contribution in [0.5, 0.6) is 0 Å². The normalized spacial score (nSPS) is 17.2. The van der Waals surface area contributed by atoms with Crippen molar-refractivity contribution in [2.45, 2.75) is 12.8 Å². The van der Waals surface area contributed by atoms with Gasteiger partial charge in [0.1, 0.15) is 11.6 Å². The Morgan fingerprint density at radius 1 is 1.20 bits per heavy atom. The summed E-state index contributed by atoms with van der Waals surface area (Å²) in [4.78, 5) is 30.6. The summed E-state index contributed by atoms with van der Waals surface area (Å²) in [6.45, 7) is 0.912. The number of benzene rings is 1. The lowest BCUT2D eigenvalue weighted by molar-refractivity contribution is -0.121. The van der Waals surface area contributed by atoms with Gasteiger partial charge in [0.25, 0.3) is 5.91 Å². The van der Waals surface area contributed by atoms with Gasteiger partial charge < -0.3 is 10.2 Å². The number of anilines is 1. The van der Waals surface area contributed by atoms with Gasteiger partial charge in [-0.15, -0.1) is 0 Å². The van der Waals surface area contributed by atoms with Gasteiger partial charge in [-0.25, -0.2) is 9.37 Å². The quantitative estimate of drug-likeness (QED) is 0.911. The standard InChI is InChI=1S/C18H17ClFN3O2/c19-14-5-8-16(21-10-14)22-17(24)13-2-1-9-23(11-13)18(25)12-3-6-15(20)7-4-12/h3-8,10,13H,1-2,9,11H2,(H,21,22,24)/t13-/m1/s1. The Morgan fingerprint density at radius 3 is 2.64 bits per heavy atom. The molecule has 1 aromatic heterocycles. The molecule has 1 saturated heterocycles. The van der Waals surface area contributed by atoms with Gasteiger partial charge in [0, 0.05) is 24.8 Å². The molecule has 0 spiro atoms. The number of halogens is 2. The molecule has 25 heavy (non-hydrogen) atoms. The Kier molecular flexibility index (Phi) is 5.28.